The monoisotopic (exact) mass is 337 g/mol. The lowest BCUT2D eigenvalue weighted by Crippen LogP contribution is -1.98. The first-order valence-corrected chi connectivity index (χ1v) is 8.03. The van der Waals surface area contributed by atoms with E-state index in [0.717, 1.165) is 22.4 Å². The summed E-state index contributed by atoms with van der Waals surface area (Å²) in [4.78, 5) is 0. The number of hydrogen-bond acceptors (Lipinski definition) is 3. The third kappa shape index (κ3) is 3.91. The molecule has 0 amide bonds. The van der Waals surface area contributed by atoms with Crippen LogP contribution in [-0.4, -0.2) is 5.11 Å². The Bertz CT molecular complexity index is 881. The van der Waals surface area contributed by atoms with Gasteiger partial charge in [-0.25, -0.2) is 4.39 Å². The van der Waals surface area contributed by atoms with Crippen LogP contribution in [0.4, 0.5) is 10.1 Å². The summed E-state index contributed by atoms with van der Waals surface area (Å²) < 4.78 is 18.7. The fourth-order valence-electron chi connectivity index (χ4n) is 2.89. The van der Waals surface area contributed by atoms with E-state index in [1.165, 1.54) is 29.8 Å². The van der Waals surface area contributed by atoms with Gasteiger partial charge in [-0.05, 0) is 91.1 Å². The Morgan fingerprint density at radius 2 is 1.60 bits per heavy atom. The number of anilines is 1. The second-order valence-electron chi connectivity index (χ2n) is 6.17. The molecule has 0 heterocycles. The summed E-state index contributed by atoms with van der Waals surface area (Å²) in [5.41, 5.74) is 11.1. The van der Waals surface area contributed by atoms with E-state index in [1.807, 2.05) is 32.0 Å². The minimum absolute atomic E-state index is 0.0406. The molecule has 3 aromatic rings. The molecule has 0 saturated heterocycles. The Balaban J connectivity index is 1.88. The molecule has 3 rings (SSSR count). The van der Waals surface area contributed by atoms with E-state index >= 15 is 0 Å². The predicted octanol–water partition coefficient (Wildman–Crippen LogP) is 5.11. The van der Waals surface area contributed by atoms with Gasteiger partial charge in [-0.15, -0.1) is 0 Å². The zero-order valence-electron chi connectivity index (χ0n) is 14.2. The van der Waals surface area contributed by atoms with Gasteiger partial charge in [-0.3, -0.25) is 0 Å². The third-order valence-corrected chi connectivity index (χ3v) is 4.16. The van der Waals surface area contributed by atoms with Crippen LogP contribution in [0, 0.1) is 19.7 Å². The highest BCUT2D eigenvalue weighted by Gasteiger charge is 2.10. The van der Waals surface area contributed by atoms with Crippen LogP contribution in [0.1, 0.15) is 22.3 Å². The van der Waals surface area contributed by atoms with Gasteiger partial charge in [0.1, 0.15) is 11.6 Å². The number of aromatic hydroxyl groups is 1. The average Bonchev–Trinajstić information content (AvgIpc) is 2.56. The second-order valence-corrected chi connectivity index (χ2v) is 6.17. The minimum Gasteiger partial charge on any atom is -0.504 e. The SMILES string of the molecule is Cc1cc(N)cc(C)c1Cc1ccc(O)c(Oc2ccc(F)cc2)c1. The van der Waals surface area contributed by atoms with E-state index in [9.17, 15) is 9.50 Å². The minimum atomic E-state index is -0.334. The van der Waals surface area contributed by atoms with Crippen LogP contribution in [0.3, 0.4) is 0 Å². The highest BCUT2D eigenvalue weighted by molar-refractivity contribution is 5.51. The second kappa shape index (κ2) is 6.85. The standard InChI is InChI=1S/C21H20FNO2/c1-13-9-17(23)10-14(2)19(13)11-15-3-8-20(24)21(12-15)25-18-6-4-16(22)5-7-18/h3-10,12,24H,11,23H2,1-2H3. The Morgan fingerprint density at radius 1 is 0.960 bits per heavy atom. The summed E-state index contributed by atoms with van der Waals surface area (Å²) in [6, 6.07) is 14.9. The molecule has 0 radical (unpaired) electrons. The topological polar surface area (TPSA) is 55.5 Å². The molecule has 25 heavy (non-hydrogen) atoms. The number of ether oxygens (including phenoxy) is 1. The molecule has 0 aliphatic carbocycles. The van der Waals surface area contributed by atoms with Gasteiger partial charge in [-0.2, -0.15) is 0 Å². The zero-order chi connectivity index (χ0) is 18.0. The average molecular weight is 337 g/mol. The highest BCUT2D eigenvalue weighted by Crippen LogP contribution is 2.33. The number of benzene rings is 3. The zero-order valence-corrected chi connectivity index (χ0v) is 14.2. The van der Waals surface area contributed by atoms with Crippen molar-refractivity contribution in [1.29, 1.82) is 0 Å². The molecule has 0 unspecified atom stereocenters. The smallest absolute Gasteiger partial charge is 0.169 e. The lowest BCUT2D eigenvalue weighted by atomic mass is 9.95. The molecule has 128 valence electrons. The lowest BCUT2D eigenvalue weighted by Gasteiger charge is -2.13. The summed E-state index contributed by atoms with van der Waals surface area (Å²) in [7, 11) is 0. The van der Waals surface area contributed by atoms with Crippen molar-refractivity contribution in [3.63, 3.8) is 0 Å². The molecule has 0 aromatic heterocycles. The van der Waals surface area contributed by atoms with Crippen molar-refractivity contribution >= 4 is 5.69 Å². The Kier molecular flexibility index (Phi) is 4.61. The highest BCUT2D eigenvalue weighted by atomic mass is 19.1. The van der Waals surface area contributed by atoms with Gasteiger partial charge in [0.15, 0.2) is 11.5 Å². The van der Waals surface area contributed by atoms with Crippen molar-refractivity contribution in [1.82, 2.24) is 0 Å². The van der Waals surface area contributed by atoms with Gasteiger partial charge in [0.2, 0.25) is 0 Å². The van der Waals surface area contributed by atoms with Crippen molar-refractivity contribution < 1.29 is 14.2 Å². The predicted molar refractivity (Wildman–Crippen MR) is 97.7 cm³/mol. The number of phenols is 1. The van der Waals surface area contributed by atoms with Gasteiger partial charge < -0.3 is 15.6 Å². The number of hydrogen-bond donors (Lipinski definition) is 2. The molecule has 0 aliphatic heterocycles. The van der Waals surface area contributed by atoms with Crippen LogP contribution in [0.25, 0.3) is 0 Å². The number of nitrogens with two attached hydrogens (primary N) is 1. The van der Waals surface area contributed by atoms with E-state index in [-0.39, 0.29) is 11.6 Å². The summed E-state index contributed by atoms with van der Waals surface area (Å²) in [5.74, 6) is 0.516. The van der Waals surface area contributed by atoms with Crippen LogP contribution >= 0.6 is 0 Å². The molecule has 3 aromatic carbocycles. The summed E-state index contributed by atoms with van der Waals surface area (Å²) in [5, 5.41) is 10.0. The maximum Gasteiger partial charge on any atom is 0.169 e. The molecule has 0 saturated carbocycles. The number of halogens is 1. The number of phenolic OH excluding ortho intramolecular Hbond substituents is 1. The first kappa shape index (κ1) is 16.8. The van der Waals surface area contributed by atoms with Gasteiger partial charge in [0.05, 0.1) is 0 Å². The molecule has 0 spiro atoms. The molecule has 0 atom stereocenters. The molecule has 3 N–H and O–H groups in total. The summed E-state index contributed by atoms with van der Waals surface area (Å²) >= 11 is 0. The fourth-order valence-corrected chi connectivity index (χ4v) is 2.89. The van der Waals surface area contributed by atoms with E-state index < -0.39 is 0 Å². The maximum atomic E-state index is 13.0. The van der Waals surface area contributed by atoms with Crippen LogP contribution in [0.5, 0.6) is 17.2 Å². The van der Waals surface area contributed by atoms with Crippen molar-refractivity contribution in [2.24, 2.45) is 0 Å². The van der Waals surface area contributed by atoms with Gasteiger partial charge in [0.25, 0.3) is 0 Å². The van der Waals surface area contributed by atoms with Crippen molar-refractivity contribution in [2.45, 2.75) is 20.3 Å². The van der Waals surface area contributed by atoms with E-state index in [4.69, 9.17) is 10.5 Å². The molecule has 0 fully saturated rings. The van der Waals surface area contributed by atoms with Crippen LogP contribution in [0.15, 0.2) is 54.6 Å². The first-order chi connectivity index (χ1) is 11.9. The quantitative estimate of drug-likeness (QED) is 0.650. The van der Waals surface area contributed by atoms with Gasteiger partial charge in [-0.1, -0.05) is 6.07 Å². The molecular weight excluding hydrogens is 317 g/mol. The van der Waals surface area contributed by atoms with Crippen LogP contribution in [-0.2, 0) is 6.42 Å². The third-order valence-electron chi connectivity index (χ3n) is 4.16. The molecule has 4 heteroatoms. The Morgan fingerprint density at radius 3 is 2.24 bits per heavy atom. The van der Waals surface area contributed by atoms with E-state index in [2.05, 4.69) is 0 Å². The van der Waals surface area contributed by atoms with Gasteiger partial charge >= 0.3 is 0 Å². The number of aryl methyl sites for hydroxylation is 2. The van der Waals surface area contributed by atoms with Gasteiger partial charge in [0, 0.05) is 5.69 Å². The molecule has 3 nitrogen and oxygen atoms in total. The van der Waals surface area contributed by atoms with Crippen molar-refractivity contribution in [3.8, 4) is 17.2 Å². The molecular formula is C21H20FNO2. The number of rotatable bonds is 4. The molecule has 0 aliphatic rings. The maximum absolute atomic E-state index is 13.0. The first-order valence-electron chi connectivity index (χ1n) is 8.03. The van der Waals surface area contributed by atoms with Crippen molar-refractivity contribution in [2.75, 3.05) is 5.73 Å². The Labute approximate surface area is 146 Å². The largest absolute Gasteiger partial charge is 0.504 e. The fraction of sp³-hybridized carbons (Fsp3) is 0.143. The lowest BCUT2D eigenvalue weighted by molar-refractivity contribution is 0.410. The van der Waals surface area contributed by atoms with Crippen LogP contribution in [0.2, 0.25) is 0 Å². The van der Waals surface area contributed by atoms with E-state index in [1.54, 1.807) is 12.1 Å². The molecule has 0 bridgehead atoms. The van der Waals surface area contributed by atoms with E-state index in [0.29, 0.717) is 17.9 Å². The summed E-state index contributed by atoms with van der Waals surface area (Å²) in [6.07, 6.45) is 0.706. The normalized spacial score (nSPS) is 10.7. The Hall–Kier alpha value is -3.01. The summed E-state index contributed by atoms with van der Waals surface area (Å²) in [6.45, 7) is 4.07. The van der Waals surface area contributed by atoms with Crippen LogP contribution < -0.4 is 10.5 Å². The van der Waals surface area contributed by atoms with Crippen molar-refractivity contribution in [3.05, 3.63) is 82.7 Å². The number of nitrogen functional groups attached to an aromatic ring is 1.